The Morgan fingerprint density at radius 2 is 2.31 bits per heavy atom. The van der Waals surface area contributed by atoms with E-state index in [1.54, 1.807) is 0 Å². The summed E-state index contributed by atoms with van der Waals surface area (Å²) < 4.78 is 35.2. The first-order valence-corrected chi connectivity index (χ1v) is 4.54. The molecule has 0 amide bonds. The summed E-state index contributed by atoms with van der Waals surface area (Å²) >= 11 is -2.38. The molecule has 0 aliphatic carbocycles. The third kappa shape index (κ3) is 3.10. The Hall–Kier alpha value is -0.980. The zero-order valence-electron chi connectivity index (χ0n) is 6.62. The van der Waals surface area contributed by atoms with Crippen LogP contribution < -0.4 is 10.5 Å². The fraction of sp³-hybridized carbons (Fsp3) is 0.143. The van der Waals surface area contributed by atoms with Crippen LogP contribution in [0.4, 0.5) is 10.1 Å². The maximum Gasteiger partial charge on any atom is 0.129 e. The Morgan fingerprint density at radius 3 is 2.85 bits per heavy atom. The van der Waals surface area contributed by atoms with E-state index < -0.39 is 17.1 Å². The van der Waals surface area contributed by atoms with Gasteiger partial charge in [-0.1, -0.05) is 6.07 Å². The highest BCUT2D eigenvalue weighted by Crippen LogP contribution is 2.11. The third-order valence-corrected chi connectivity index (χ3v) is 1.84. The lowest BCUT2D eigenvalue weighted by Gasteiger charge is -2.07. The van der Waals surface area contributed by atoms with Crippen molar-refractivity contribution in [3.8, 4) is 0 Å². The molecule has 6 heteroatoms. The van der Waals surface area contributed by atoms with Crippen molar-refractivity contribution >= 4 is 17.0 Å². The van der Waals surface area contributed by atoms with Crippen molar-refractivity contribution in [2.45, 2.75) is 6.54 Å². The van der Waals surface area contributed by atoms with Crippen LogP contribution in [0.1, 0.15) is 5.56 Å². The van der Waals surface area contributed by atoms with Gasteiger partial charge in [-0.05, 0) is 12.1 Å². The predicted molar refractivity (Wildman–Crippen MR) is 46.6 cm³/mol. The number of nitrogen functional groups attached to an aromatic ring is 1. The fourth-order valence-corrected chi connectivity index (χ4v) is 1.12. The maximum absolute atomic E-state index is 13.0. The minimum absolute atomic E-state index is 0.0672. The molecule has 1 aromatic rings. The molecule has 0 bridgehead atoms. The lowest BCUT2D eigenvalue weighted by Crippen LogP contribution is -2.16. The molecule has 0 saturated heterocycles. The summed E-state index contributed by atoms with van der Waals surface area (Å²) in [7, 11) is 0. The molecular weight excluding hydrogens is 195 g/mol. The van der Waals surface area contributed by atoms with Crippen LogP contribution in [-0.2, 0) is 17.8 Å². The van der Waals surface area contributed by atoms with E-state index >= 15 is 0 Å². The summed E-state index contributed by atoms with van der Waals surface area (Å²) in [6.07, 6.45) is 0. The summed E-state index contributed by atoms with van der Waals surface area (Å²) in [6.45, 7) is -0.0672. The Labute approximate surface area is 77.4 Å². The van der Waals surface area contributed by atoms with Crippen LogP contribution in [0, 0.1) is 5.82 Å². The third-order valence-electron chi connectivity index (χ3n) is 1.46. The van der Waals surface area contributed by atoms with Gasteiger partial charge in [0.15, 0.2) is 0 Å². The Kier molecular flexibility index (Phi) is 3.35. The Balaban J connectivity index is 2.72. The van der Waals surface area contributed by atoms with Crippen LogP contribution in [-0.4, -0.2) is 8.76 Å². The molecule has 13 heavy (non-hydrogen) atoms. The highest BCUT2D eigenvalue weighted by molar-refractivity contribution is 7.77. The van der Waals surface area contributed by atoms with Crippen molar-refractivity contribution in [2.75, 3.05) is 5.73 Å². The molecule has 0 fully saturated rings. The molecule has 0 aliphatic heterocycles. The van der Waals surface area contributed by atoms with Gasteiger partial charge in [-0.25, -0.2) is 9.11 Å². The SMILES string of the molecule is Nc1ccc(CNS(=O)[O-])c(F)c1. The number of anilines is 1. The predicted octanol–water partition coefficient (Wildman–Crippen LogP) is 0.292. The first-order valence-electron chi connectivity index (χ1n) is 3.46. The van der Waals surface area contributed by atoms with Crippen LogP contribution in [0.2, 0.25) is 0 Å². The van der Waals surface area contributed by atoms with Gasteiger partial charge in [0.1, 0.15) is 5.82 Å². The van der Waals surface area contributed by atoms with Gasteiger partial charge in [0.25, 0.3) is 0 Å². The second-order valence-corrected chi connectivity index (χ2v) is 3.16. The highest BCUT2D eigenvalue weighted by Gasteiger charge is 2.01. The van der Waals surface area contributed by atoms with Gasteiger partial charge in [-0.2, -0.15) is 0 Å². The van der Waals surface area contributed by atoms with Crippen LogP contribution in [0.5, 0.6) is 0 Å². The molecule has 4 nitrogen and oxygen atoms in total. The number of hydrogen-bond donors (Lipinski definition) is 2. The summed E-state index contributed by atoms with van der Waals surface area (Å²) in [5.74, 6) is -0.516. The van der Waals surface area contributed by atoms with E-state index in [4.69, 9.17) is 5.73 Å². The Bertz CT molecular complexity index is 332. The molecule has 0 aromatic heterocycles. The van der Waals surface area contributed by atoms with Gasteiger partial charge in [-0.15, -0.1) is 0 Å². The second kappa shape index (κ2) is 4.31. The van der Waals surface area contributed by atoms with Crippen LogP contribution in [0.25, 0.3) is 0 Å². The van der Waals surface area contributed by atoms with E-state index in [-0.39, 0.29) is 12.1 Å². The van der Waals surface area contributed by atoms with Crippen LogP contribution >= 0.6 is 0 Å². The quantitative estimate of drug-likeness (QED) is 0.547. The number of nitrogens with two attached hydrogens (primary N) is 1. The fourth-order valence-electron chi connectivity index (χ4n) is 0.844. The molecule has 0 heterocycles. The van der Waals surface area contributed by atoms with Gasteiger partial charge >= 0.3 is 0 Å². The largest absolute Gasteiger partial charge is 0.760 e. The summed E-state index contributed by atoms with van der Waals surface area (Å²) in [5.41, 5.74) is 5.87. The Morgan fingerprint density at radius 1 is 1.62 bits per heavy atom. The smallest absolute Gasteiger partial charge is 0.129 e. The molecule has 3 N–H and O–H groups in total. The van der Waals surface area contributed by atoms with Gasteiger partial charge in [-0.3, -0.25) is 4.21 Å². The average Bonchev–Trinajstić information content (AvgIpc) is 2.02. The van der Waals surface area contributed by atoms with E-state index in [1.165, 1.54) is 12.1 Å². The number of hydrogen-bond acceptors (Lipinski definition) is 3. The molecule has 1 aromatic carbocycles. The molecule has 1 rings (SSSR count). The van der Waals surface area contributed by atoms with Gasteiger partial charge in [0.2, 0.25) is 0 Å². The highest BCUT2D eigenvalue weighted by atomic mass is 32.2. The van der Waals surface area contributed by atoms with Crippen molar-refractivity contribution in [1.29, 1.82) is 0 Å². The average molecular weight is 203 g/mol. The summed E-state index contributed by atoms with van der Waals surface area (Å²) in [6, 6.07) is 4.09. The topological polar surface area (TPSA) is 78.2 Å². The monoisotopic (exact) mass is 203 g/mol. The lowest BCUT2D eigenvalue weighted by molar-refractivity contribution is 0.520. The van der Waals surface area contributed by atoms with Gasteiger partial charge in [0.05, 0.1) is 0 Å². The van der Waals surface area contributed by atoms with Crippen LogP contribution in [0.15, 0.2) is 18.2 Å². The minimum Gasteiger partial charge on any atom is -0.760 e. The van der Waals surface area contributed by atoms with E-state index in [0.29, 0.717) is 5.69 Å². The minimum atomic E-state index is -2.38. The van der Waals surface area contributed by atoms with E-state index in [9.17, 15) is 13.2 Å². The lowest BCUT2D eigenvalue weighted by atomic mass is 10.2. The number of halogens is 1. The zero-order chi connectivity index (χ0) is 9.84. The summed E-state index contributed by atoms with van der Waals surface area (Å²) in [5, 5.41) is 0. The van der Waals surface area contributed by atoms with E-state index in [0.717, 1.165) is 6.07 Å². The van der Waals surface area contributed by atoms with Crippen molar-refractivity contribution in [3.63, 3.8) is 0 Å². The standard InChI is InChI=1S/C7H9FN2O2S/c8-7-3-6(9)2-1-5(7)4-10-13(11)12/h1-3,10H,4,9H2,(H,11,12)/p-1. The number of rotatable bonds is 3. The first-order chi connectivity index (χ1) is 6.09. The number of nitrogens with one attached hydrogen (secondary N) is 1. The molecule has 0 aliphatic rings. The van der Waals surface area contributed by atoms with Crippen LogP contribution in [0.3, 0.4) is 0 Å². The first kappa shape index (κ1) is 10.1. The van der Waals surface area contributed by atoms with Crippen molar-refractivity contribution < 1.29 is 13.2 Å². The van der Waals surface area contributed by atoms with Crippen molar-refractivity contribution in [1.82, 2.24) is 4.72 Å². The second-order valence-electron chi connectivity index (χ2n) is 2.41. The molecule has 0 radical (unpaired) electrons. The normalized spacial score (nSPS) is 12.8. The molecule has 1 atom stereocenters. The molecule has 1 unspecified atom stereocenters. The van der Waals surface area contributed by atoms with Crippen molar-refractivity contribution in [2.24, 2.45) is 0 Å². The van der Waals surface area contributed by atoms with Gasteiger partial charge in [0, 0.05) is 29.1 Å². The molecular formula is C7H8FN2O2S-. The number of benzene rings is 1. The maximum atomic E-state index is 13.0. The molecule has 72 valence electrons. The zero-order valence-corrected chi connectivity index (χ0v) is 7.44. The van der Waals surface area contributed by atoms with Crippen molar-refractivity contribution in [3.05, 3.63) is 29.6 Å². The molecule has 0 spiro atoms. The van der Waals surface area contributed by atoms with E-state index in [1.807, 2.05) is 0 Å². The molecule has 0 saturated carbocycles. The van der Waals surface area contributed by atoms with Gasteiger partial charge < -0.3 is 10.3 Å². The summed E-state index contributed by atoms with van der Waals surface area (Å²) in [4.78, 5) is 0. The van der Waals surface area contributed by atoms with E-state index in [2.05, 4.69) is 4.72 Å².